The highest BCUT2D eigenvalue weighted by atomic mass is 16.5. The van der Waals surface area contributed by atoms with Gasteiger partial charge in [0, 0.05) is 18.7 Å². The number of hydrogen-bond donors (Lipinski definition) is 2. The third kappa shape index (κ3) is 3.18. The first-order valence-electron chi connectivity index (χ1n) is 4.61. The predicted molar refractivity (Wildman–Crippen MR) is 55.3 cm³/mol. The summed E-state index contributed by atoms with van der Waals surface area (Å²) in [6, 6.07) is 1.89. The van der Waals surface area contributed by atoms with Crippen molar-refractivity contribution in [3.05, 3.63) is 12.4 Å². The number of anilines is 1. The van der Waals surface area contributed by atoms with Gasteiger partial charge in [-0.2, -0.15) is 0 Å². The molecule has 0 aliphatic rings. The summed E-state index contributed by atoms with van der Waals surface area (Å²) in [5.41, 5.74) is 5.75. The highest BCUT2D eigenvalue weighted by Crippen LogP contribution is 2.09. The van der Waals surface area contributed by atoms with Gasteiger partial charge in [0.15, 0.2) is 0 Å². The summed E-state index contributed by atoms with van der Waals surface area (Å²) in [4.78, 5) is 7.94. The molecule has 5 heteroatoms. The van der Waals surface area contributed by atoms with Crippen LogP contribution in [-0.4, -0.2) is 29.7 Å². The number of nitrogens with one attached hydrogen (secondary N) is 1. The zero-order valence-corrected chi connectivity index (χ0v) is 8.53. The van der Waals surface area contributed by atoms with Crippen LogP contribution in [0.15, 0.2) is 12.4 Å². The van der Waals surface area contributed by atoms with Crippen molar-refractivity contribution in [2.24, 2.45) is 5.73 Å². The Labute approximate surface area is 83.7 Å². The fourth-order valence-corrected chi connectivity index (χ4v) is 0.928. The van der Waals surface area contributed by atoms with Gasteiger partial charge in [-0.25, -0.2) is 9.97 Å². The maximum absolute atomic E-state index is 5.75. The second kappa shape index (κ2) is 5.39. The molecule has 1 aromatic heterocycles. The summed E-state index contributed by atoms with van der Waals surface area (Å²) in [7, 11) is 1.57. The minimum absolute atomic E-state index is 0.149. The van der Waals surface area contributed by atoms with Crippen molar-refractivity contribution < 1.29 is 4.74 Å². The summed E-state index contributed by atoms with van der Waals surface area (Å²) in [6.45, 7) is 2.75. The number of methoxy groups -OCH3 is 1. The molecule has 0 aliphatic carbocycles. The van der Waals surface area contributed by atoms with Gasteiger partial charge in [-0.1, -0.05) is 6.92 Å². The van der Waals surface area contributed by atoms with Gasteiger partial charge in [0.2, 0.25) is 5.88 Å². The molecule has 0 saturated heterocycles. The van der Waals surface area contributed by atoms with E-state index in [0.29, 0.717) is 12.4 Å². The Morgan fingerprint density at radius 1 is 1.57 bits per heavy atom. The summed E-state index contributed by atoms with van der Waals surface area (Å²) in [5, 5.41) is 3.11. The molecule has 0 fully saturated rings. The summed E-state index contributed by atoms with van der Waals surface area (Å²) in [5.74, 6) is 1.29. The maximum Gasteiger partial charge on any atom is 0.218 e. The van der Waals surface area contributed by atoms with Gasteiger partial charge in [-0.3, -0.25) is 0 Å². The molecular formula is C9H16N4O. The van der Waals surface area contributed by atoms with E-state index in [1.54, 1.807) is 13.2 Å². The lowest BCUT2D eigenvalue weighted by atomic mass is 10.2. The summed E-state index contributed by atoms with van der Waals surface area (Å²) < 4.78 is 4.97. The van der Waals surface area contributed by atoms with E-state index in [4.69, 9.17) is 10.5 Å². The van der Waals surface area contributed by atoms with Crippen LogP contribution in [0.4, 0.5) is 5.82 Å². The zero-order chi connectivity index (χ0) is 10.4. The van der Waals surface area contributed by atoms with Gasteiger partial charge >= 0.3 is 0 Å². The quantitative estimate of drug-likeness (QED) is 0.722. The third-order valence-corrected chi connectivity index (χ3v) is 1.92. The van der Waals surface area contributed by atoms with Crippen LogP contribution in [0.25, 0.3) is 0 Å². The van der Waals surface area contributed by atoms with Crippen LogP contribution in [0.3, 0.4) is 0 Å². The molecule has 5 nitrogen and oxygen atoms in total. The topological polar surface area (TPSA) is 73.1 Å². The number of nitrogens with zero attached hydrogens (tertiary/aromatic N) is 2. The number of rotatable bonds is 5. The number of ether oxygens (including phenoxy) is 1. The molecule has 78 valence electrons. The molecule has 0 spiro atoms. The molecule has 1 aromatic rings. The van der Waals surface area contributed by atoms with Crippen LogP contribution in [0.2, 0.25) is 0 Å². The Bertz CT molecular complexity index is 279. The van der Waals surface area contributed by atoms with E-state index in [1.807, 2.05) is 6.92 Å². The van der Waals surface area contributed by atoms with E-state index in [9.17, 15) is 0 Å². The Morgan fingerprint density at radius 3 is 3.00 bits per heavy atom. The third-order valence-electron chi connectivity index (χ3n) is 1.92. The van der Waals surface area contributed by atoms with Crippen molar-refractivity contribution in [3.8, 4) is 5.88 Å². The molecular weight excluding hydrogens is 180 g/mol. The first kappa shape index (κ1) is 10.7. The Hall–Kier alpha value is -1.36. The first-order valence-corrected chi connectivity index (χ1v) is 4.61. The van der Waals surface area contributed by atoms with Crippen molar-refractivity contribution in [1.29, 1.82) is 0 Å². The molecule has 0 saturated carbocycles. The lowest BCUT2D eigenvalue weighted by molar-refractivity contribution is 0.397. The molecule has 0 aliphatic heterocycles. The number of aromatic nitrogens is 2. The molecule has 1 rings (SSSR count). The highest BCUT2D eigenvalue weighted by Gasteiger charge is 2.00. The second-order valence-corrected chi connectivity index (χ2v) is 2.99. The fraction of sp³-hybridized carbons (Fsp3) is 0.556. The van der Waals surface area contributed by atoms with Crippen LogP contribution < -0.4 is 15.8 Å². The smallest absolute Gasteiger partial charge is 0.218 e. The molecule has 1 heterocycles. The fourth-order valence-electron chi connectivity index (χ4n) is 0.928. The van der Waals surface area contributed by atoms with Crippen molar-refractivity contribution in [1.82, 2.24) is 9.97 Å². The first-order chi connectivity index (χ1) is 6.76. The van der Waals surface area contributed by atoms with Crippen molar-refractivity contribution in [2.75, 3.05) is 19.0 Å². The van der Waals surface area contributed by atoms with Crippen LogP contribution in [-0.2, 0) is 0 Å². The lowest BCUT2D eigenvalue weighted by Crippen LogP contribution is -2.28. The Balaban J connectivity index is 2.50. The van der Waals surface area contributed by atoms with Crippen LogP contribution in [0.1, 0.15) is 13.3 Å². The summed E-state index contributed by atoms with van der Waals surface area (Å²) >= 11 is 0. The SMILES string of the molecule is CCC(N)CNc1cc(OC)ncn1. The van der Waals surface area contributed by atoms with Crippen LogP contribution >= 0.6 is 0 Å². The molecule has 0 amide bonds. The molecule has 14 heavy (non-hydrogen) atoms. The Kier molecular flexibility index (Phi) is 4.12. The summed E-state index contributed by atoms with van der Waals surface area (Å²) in [6.07, 6.45) is 2.40. The van der Waals surface area contributed by atoms with Gasteiger partial charge in [-0.05, 0) is 6.42 Å². The number of hydrogen-bond acceptors (Lipinski definition) is 5. The minimum Gasteiger partial charge on any atom is -0.481 e. The van der Waals surface area contributed by atoms with Gasteiger partial charge in [-0.15, -0.1) is 0 Å². The average molecular weight is 196 g/mol. The highest BCUT2D eigenvalue weighted by molar-refractivity contribution is 5.37. The van der Waals surface area contributed by atoms with Crippen LogP contribution in [0.5, 0.6) is 5.88 Å². The molecule has 1 unspecified atom stereocenters. The predicted octanol–water partition coefficient (Wildman–Crippen LogP) is 0.634. The second-order valence-electron chi connectivity index (χ2n) is 2.99. The van der Waals surface area contributed by atoms with E-state index in [2.05, 4.69) is 15.3 Å². The van der Waals surface area contributed by atoms with E-state index in [-0.39, 0.29) is 6.04 Å². The van der Waals surface area contributed by atoms with Crippen molar-refractivity contribution in [2.45, 2.75) is 19.4 Å². The van der Waals surface area contributed by atoms with Gasteiger partial charge in [0.1, 0.15) is 12.1 Å². The average Bonchev–Trinajstić information content (AvgIpc) is 2.26. The van der Waals surface area contributed by atoms with Crippen molar-refractivity contribution in [3.63, 3.8) is 0 Å². The van der Waals surface area contributed by atoms with E-state index >= 15 is 0 Å². The van der Waals surface area contributed by atoms with Gasteiger partial charge in [0.25, 0.3) is 0 Å². The molecule has 1 atom stereocenters. The number of nitrogens with two attached hydrogens (primary N) is 1. The molecule has 0 aromatic carbocycles. The van der Waals surface area contributed by atoms with E-state index < -0.39 is 0 Å². The molecule has 0 bridgehead atoms. The standard InChI is InChI=1S/C9H16N4O/c1-3-7(10)5-11-8-4-9(14-2)13-6-12-8/h4,6-7H,3,5,10H2,1-2H3,(H,11,12,13). The maximum atomic E-state index is 5.75. The van der Waals surface area contributed by atoms with E-state index in [1.165, 1.54) is 6.33 Å². The van der Waals surface area contributed by atoms with Crippen molar-refractivity contribution >= 4 is 5.82 Å². The molecule has 3 N–H and O–H groups in total. The van der Waals surface area contributed by atoms with Crippen LogP contribution in [0, 0.1) is 0 Å². The minimum atomic E-state index is 0.149. The van der Waals surface area contributed by atoms with Gasteiger partial charge < -0.3 is 15.8 Å². The monoisotopic (exact) mass is 196 g/mol. The Morgan fingerprint density at radius 2 is 2.36 bits per heavy atom. The van der Waals surface area contributed by atoms with Gasteiger partial charge in [0.05, 0.1) is 7.11 Å². The normalized spacial score (nSPS) is 12.2. The lowest BCUT2D eigenvalue weighted by Gasteiger charge is -2.10. The van der Waals surface area contributed by atoms with E-state index in [0.717, 1.165) is 12.2 Å². The molecule has 0 radical (unpaired) electrons. The largest absolute Gasteiger partial charge is 0.481 e. The zero-order valence-electron chi connectivity index (χ0n) is 8.53.